The molecule has 0 radical (unpaired) electrons. The highest BCUT2D eigenvalue weighted by atomic mass is 16.5. The highest BCUT2D eigenvalue weighted by molar-refractivity contribution is 5.89. The lowest BCUT2D eigenvalue weighted by atomic mass is 10.2. The number of nitrogens with zero attached hydrogens (tertiary/aromatic N) is 3. The molecule has 8 heteroatoms. The zero-order valence-corrected chi connectivity index (χ0v) is 14.4. The zero-order valence-electron chi connectivity index (χ0n) is 14.4. The SMILES string of the molecule is COc1ccccc1Nc1nncc(Nc2cccc(NC(C)=O)c2)n1. The largest absolute Gasteiger partial charge is 0.495 e. The van der Waals surface area contributed by atoms with Crippen molar-refractivity contribution >= 4 is 34.7 Å². The first kappa shape index (κ1) is 17.2. The lowest BCUT2D eigenvalue weighted by Gasteiger charge is -2.11. The van der Waals surface area contributed by atoms with E-state index in [2.05, 4.69) is 31.1 Å². The minimum Gasteiger partial charge on any atom is -0.495 e. The third kappa shape index (κ3) is 4.44. The second-order valence-electron chi connectivity index (χ2n) is 5.38. The number of rotatable bonds is 6. The molecule has 0 saturated carbocycles. The molecule has 2 aromatic carbocycles. The van der Waals surface area contributed by atoms with Gasteiger partial charge >= 0.3 is 0 Å². The van der Waals surface area contributed by atoms with Gasteiger partial charge in [-0.05, 0) is 30.3 Å². The van der Waals surface area contributed by atoms with Gasteiger partial charge < -0.3 is 20.7 Å². The predicted octanol–water partition coefficient (Wildman–Crippen LogP) is 3.33. The summed E-state index contributed by atoms with van der Waals surface area (Å²) < 4.78 is 5.30. The van der Waals surface area contributed by atoms with Crippen molar-refractivity contribution < 1.29 is 9.53 Å². The summed E-state index contributed by atoms with van der Waals surface area (Å²) in [6.07, 6.45) is 1.51. The highest BCUT2D eigenvalue weighted by Gasteiger charge is 2.06. The molecule has 0 bridgehead atoms. The van der Waals surface area contributed by atoms with Gasteiger partial charge in [-0.25, -0.2) is 0 Å². The predicted molar refractivity (Wildman–Crippen MR) is 100 cm³/mol. The van der Waals surface area contributed by atoms with Crippen molar-refractivity contribution in [2.45, 2.75) is 6.92 Å². The van der Waals surface area contributed by atoms with Gasteiger partial charge in [0.05, 0.1) is 19.0 Å². The molecule has 3 rings (SSSR count). The van der Waals surface area contributed by atoms with Gasteiger partial charge in [-0.1, -0.05) is 18.2 Å². The summed E-state index contributed by atoms with van der Waals surface area (Å²) in [5, 5.41) is 16.9. The summed E-state index contributed by atoms with van der Waals surface area (Å²) in [4.78, 5) is 15.6. The molecule has 8 nitrogen and oxygen atoms in total. The van der Waals surface area contributed by atoms with Gasteiger partial charge in [0.25, 0.3) is 0 Å². The molecular formula is C18H18N6O2. The van der Waals surface area contributed by atoms with Crippen LogP contribution in [0.5, 0.6) is 5.75 Å². The smallest absolute Gasteiger partial charge is 0.249 e. The van der Waals surface area contributed by atoms with E-state index in [1.807, 2.05) is 36.4 Å². The van der Waals surface area contributed by atoms with Crippen molar-refractivity contribution in [3.8, 4) is 5.75 Å². The average Bonchev–Trinajstić information content (AvgIpc) is 2.62. The molecule has 26 heavy (non-hydrogen) atoms. The lowest BCUT2D eigenvalue weighted by Crippen LogP contribution is -2.06. The van der Waals surface area contributed by atoms with E-state index in [0.29, 0.717) is 23.2 Å². The Balaban J connectivity index is 1.76. The molecule has 1 heterocycles. The van der Waals surface area contributed by atoms with Crippen LogP contribution in [-0.2, 0) is 4.79 Å². The number of hydrogen-bond acceptors (Lipinski definition) is 7. The number of hydrogen-bond donors (Lipinski definition) is 3. The fraction of sp³-hybridized carbons (Fsp3) is 0.111. The molecule has 0 atom stereocenters. The van der Waals surface area contributed by atoms with Crippen molar-refractivity contribution in [1.29, 1.82) is 0 Å². The van der Waals surface area contributed by atoms with Gasteiger partial charge in [0.2, 0.25) is 11.9 Å². The van der Waals surface area contributed by atoms with Crippen LogP contribution in [0.2, 0.25) is 0 Å². The molecule has 0 aliphatic carbocycles. The van der Waals surface area contributed by atoms with Crippen molar-refractivity contribution in [2.75, 3.05) is 23.1 Å². The Kier molecular flexibility index (Phi) is 5.23. The fourth-order valence-electron chi connectivity index (χ4n) is 2.31. The molecule has 3 aromatic rings. The van der Waals surface area contributed by atoms with Crippen LogP contribution in [-0.4, -0.2) is 28.2 Å². The number of para-hydroxylation sites is 2. The first-order valence-electron chi connectivity index (χ1n) is 7.88. The van der Waals surface area contributed by atoms with Gasteiger partial charge in [-0.2, -0.15) is 10.1 Å². The van der Waals surface area contributed by atoms with Gasteiger partial charge in [0.1, 0.15) is 5.75 Å². The third-order valence-electron chi connectivity index (χ3n) is 3.37. The summed E-state index contributed by atoms with van der Waals surface area (Å²) in [7, 11) is 1.60. The third-order valence-corrected chi connectivity index (χ3v) is 3.37. The topological polar surface area (TPSA) is 101 Å². The van der Waals surface area contributed by atoms with Gasteiger partial charge in [-0.3, -0.25) is 4.79 Å². The fourth-order valence-corrected chi connectivity index (χ4v) is 2.31. The van der Waals surface area contributed by atoms with E-state index < -0.39 is 0 Å². The minimum atomic E-state index is -0.130. The van der Waals surface area contributed by atoms with Gasteiger partial charge in [0.15, 0.2) is 5.82 Å². The van der Waals surface area contributed by atoms with E-state index in [1.165, 1.54) is 13.1 Å². The highest BCUT2D eigenvalue weighted by Crippen LogP contribution is 2.26. The van der Waals surface area contributed by atoms with Crippen LogP contribution in [0.25, 0.3) is 0 Å². The Labute approximate surface area is 150 Å². The molecule has 132 valence electrons. The van der Waals surface area contributed by atoms with Crippen LogP contribution in [0.4, 0.5) is 28.8 Å². The summed E-state index contributed by atoms with van der Waals surface area (Å²) >= 11 is 0. The first-order chi connectivity index (χ1) is 12.6. The second kappa shape index (κ2) is 7.93. The molecule has 0 fully saturated rings. The number of carbonyl (C=O) groups is 1. The van der Waals surface area contributed by atoms with Crippen molar-refractivity contribution in [2.24, 2.45) is 0 Å². The number of aromatic nitrogens is 3. The number of ether oxygens (including phenoxy) is 1. The molecule has 1 amide bonds. The van der Waals surface area contributed by atoms with Crippen LogP contribution in [0.15, 0.2) is 54.7 Å². The molecule has 0 saturated heterocycles. The summed E-state index contributed by atoms with van der Waals surface area (Å²) in [6.45, 7) is 1.46. The van der Waals surface area contributed by atoms with E-state index in [4.69, 9.17) is 4.74 Å². The Bertz CT molecular complexity index is 915. The number of methoxy groups -OCH3 is 1. The molecule has 0 aliphatic heterocycles. The maximum absolute atomic E-state index is 11.2. The molecule has 0 aliphatic rings. The normalized spacial score (nSPS) is 10.1. The van der Waals surface area contributed by atoms with Crippen LogP contribution >= 0.6 is 0 Å². The van der Waals surface area contributed by atoms with Gasteiger partial charge in [-0.15, -0.1) is 5.10 Å². The summed E-state index contributed by atoms with van der Waals surface area (Å²) in [5.41, 5.74) is 2.19. The van der Waals surface area contributed by atoms with Crippen LogP contribution in [0.1, 0.15) is 6.92 Å². The number of carbonyl (C=O) groups excluding carboxylic acids is 1. The van der Waals surface area contributed by atoms with Crippen molar-refractivity contribution in [3.05, 3.63) is 54.7 Å². The van der Waals surface area contributed by atoms with Crippen LogP contribution in [0, 0.1) is 0 Å². The first-order valence-corrected chi connectivity index (χ1v) is 7.88. The average molecular weight is 350 g/mol. The maximum atomic E-state index is 11.2. The monoisotopic (exact) mass is 350 g/mol. The number of anilines is 5. The van der Waals surface area contributed by atoms with Crippen LogP contribution < -0.4 is 20.7 Å². The molecule has 0 unspecified atom stereocenters. The molecule has 1 aromatic heterocycles. The number of nitrogens with one attached hydrogen (secondary N) is 3. The van der Waals surface area contributed by atoms with Crippen molar-refractivity contribution in [3.63, 3.8) is 0 Å². The Hall–Kier alpha value is -3.68. The zero-order chi connectivity index (χ0) is 18.4. The van der Waals surface area contributed by atoms with Crippen LogP contribution in [0.3, 0.4) is 0 Å². The standard InChI is InChI=1S/C18H18N6O2/c1-12(25)20-13-6-5-7-14(10-13)21-17-11-19-24-18(23-17)22-15-8-3-4-9-16(15)26-2/h3-11H,1-2H3,(H,20,25)(H2,21,22,23,24). The molecule has 3 N–H and O–H groups in total. The summed E-state index contributed by atoms with van der Waals surface area (Å²) in [5.74, 6) is 1.39. The Morgan fingerprint density at radius 1 is 1.04 bits per heavy atom. The van der Waals surface area contributed by atoms with E-state index in [9.17, 15) is 4.79 Å². The van der Waals surface area contributed by atoms with E-state index in [0.717, 1.165) is 11.4 Å². The lowest BCUT2D eigenvalue weighted by molar-refractivity contribution is -0.114. The minimum absolute atomic E-state index is 0.130. The van der Waals surface area contributed by atoms with E-state index >= 15 is 0 Å². The Morgan fingerprint density at radius 2 is 1.85 bits per heavy atom. The number of benzene rings is 2. The second-order valence-corrected chi connectivity index (χ2v) is 5.38. The van der Waals surface area contributed by atoms with E-state index in [-0.39, 0.29) is 5.91 Å². The number of amides is 1. The van der Waals surface area contributed by atoms with E-state index in [1.54, 1.807) is 19.2 Å². The Morgan fingerprint density at radius 3 is 2.65 bits per heavy atom. The molecular weight excluding hydrogens is 332 g/mol. The quantitative estimate of drug-likeness (QED) is 0.627. The van der Waals surface area contributed by atoms with Crippen molar-refractivity contribution in [1.82, 2.24) is 15.2 Å². The molecule has 0 spiro atoms. The summed E-state index contributed by atoms with van der Waals surface area (Å²) in [6, 6.07) is 14.8. The van der Waals surface area contributed by atoms with Gasteiger partial charge in [0, 0.05) is 18.3 Å². The maximum Gasteiger partial charge on any atom is 0.249 e.